The first kappa shape index (κ1) is 9.88. The second kappa shape index (κ2) is 4.15. The lowest BCUT2D eigenvalue weighted by atomic mass is 10.1. The summed E-state index contributed by atoms with van der Waals surface area (Å²) in [6.07, 6.45) is -4.21. The van der Waals surface area contributed by atoms with Crippen molar-refractivity contribution in [2.45, 2.75) is 31.5 Å². The third-order valence-electron chi connectivity index (χ3n) is 1.79. The van der Waals surface area contributed by atoms with Crippen LogP contribution in [0.4, 0.5) is 0 Å². The number of ether oxygens (including phenoxy) is 2. The predicted molar refractivity (Wildman–Crippen MR) is 39.4 cm³/mol. The molecular weight excluding hydrogens is 164 g/mol. The van der Waals surface area contributed by atoms with Crippen LogP contribution in [-0.2, 0) is 9.47 Å². The van der Waals surface area contributed by atoms with Gasteiger partial charge in [0.05, 0.1) is 6.61 Å². The van der Waals surface area contributed by atoms with Gasteiger partial charge in [0, 0.05) is 6.61 Å². The largest absolute Gasteiger partial charge is 0.388 e. The fourth-order valence-corrected chi connectivity index (χ4v) is 1.09. The minimum Gasteiger partial charge on any atom is -0.388 e. The van der Waals surface area contributed by atoms with Crippen molar-refractivity contribution in [2.75, 3.05) is 13.2 Å². The molecule has 0 aromatic rings. The SMILES string of the molecule is CCO[C@@H]1OC[C@H](O)[C@@H](O)[C@H]1O. The maximum Gasteiger partial charge on any atom is 0.186 e. The summed E-state index contributed by atoms with van der Waals surface area (Å²) >= 11 is 0. The van der Waals surface area contributed by atoms with Gasteiger partial charge < -0.3 is 24.8 Å². The summed E-state index contributed by atoms with van der Waals surface area (Å²) in [4.78, 5) is 0. The van der Waals surface area contributed by atoms with Gasteiger partial charge >= 0.3 is 0 Å². The molecule has 1 fully saturated rings. The summed E-state index contributed by atoms with van der Waals surface area (Å²) in [7, 11) is 0. The Morgan fingerprint density at radius 3 is 2.58 bits per heavy atom. The molecule has 0 amide bonds. The highest BCUT2D eigenvalue weighted by atomic mass is 16.7. The van der Waals surface area contributed by atoms with Gasteiger partial charge in [0.2, 0.25) is 0 Å². The van der Waals surface area contributed by atoms with Gasteiger partial charge in [-0.25, -0.2) is 0 Å². The first-order chi connectivity index (χ1) is 5.66. The lowest BCUT2D eigenvalue weighted by molar-refractivity contribution is -0.268. The van der Waals surface area contributed by atoms with Gasteiger partial charge in [-0.1, -0.05) is 0 Å². The molecule has 0 unspecified atom stereocenters. The van der Waals surface area contributed by atoms with Crippen molar-refractivity contribution in [2.24, 2.45) is 0 Å². The first-order valence-electron chi connectivity index (χ1n) is 3.94. The van der Waals surface area contributed by atoms with Crippen LogP contribution < -0.4 is 0 Å². The summed E-state index contributed by atoms with van der Waals surface area (Å²) in [5, 5.41) is 27.5. The van der Waals surface area contributed by atoms with Crippen LogP contribution in [0.2, 0.25) is 0 Å². The summed E-state index contributed by atoms with van der Waals surface area (Å²) in [5.74, 6) is 0. The van der Waals surface area contributed by atoms with Crippen molar-refractivity contribution in [3.8, 4) is 0 Å². The molecule has 5 nitrogen and oxygen atoms in total. The highest BCUT2D eigenvalue weighted by Gasteiger charge is 2.37. The molecule has 0 saturated carbocycles. The third kappa shape index (κ3) is 1.94. The summed E-state index contributed by atoms with van der Waals surface area (Å²) < 4.78 is 9.90. The number of hydrogen-bond donors (Lipinski definition) is 3. The van der Waals surface area contributed by atoms with Crippen LogP contribution >= 0.6 is 0 Å². The second-order valence-electron chi connectivity index (χ2n) is 2.71. The molecule has 0 radical (unpaired) electrons. The van der Waals surface area contributed by atoms with Gasteiger partial charge in [-0.15, -0.1) is 0 Å². The summed E-state index contributed by atoms with van der Waals surface area (Å²) in [5.41, 5.74) is 0. The number of rotatable bonds is 2. The van der Waals surface area contributed by atoms with Crippen molar-refractivity contribution < 1.29 is 24.8 Å². The Morgan fingerprint density at radius 1 is 1.33 bits per heavy atom. The monoisotopic (exact) mass is 178 g/mol. The molecule has 1 aliphatic rings. The van der Waals surface area contributed by atoms with E-state index in [9.17, 15) is 10.2 Å². The molecule has 0 aromatic heterocycles. The molecular formula is C7H14O5. The van der Waals surface area contributed by atoms with Gasteiger partial charge in [0.1, 0.15) is 18.3 Å². The molecule has 0 bridgehead atoms. The molecule has 72 valence electrons. The van der Waals surface area contributed by atoms with Crippen LogP contribution in [-0.4, -0.2) is 53.1 Å². The molecule has 12 heavy (non-hydrogen) atoms. The van der Waals surface area contributed by atoms with Crippen LogP contribution in [0.15, 0.2) is 0 Å². The van der Waals surface area contributed by atoms with Crippen molar-refractivity contribution in [3.05, 3.63) is 0 Å². The zero-order valence-corrected chi connectivity index (χ0v) is 6.88. The Bertz CT molecular complexity index is 140. The molecule has 3 N–H and O–H groups in total. The summed E-state index contributed by atoms with van der Waals surface area (Å²) in [6, 6.07) is 0. The minimum atomic E-state index is -1.18. The van der Waals surface area contributed by atoms with E-state index in [1.165, 1.54) is 0 Å². The standard InChI is InChI=1S/C7H14O5/c1-2-11-7-6(10)5(9)4(8)3-12-7/h4-10H,2-3H2,1H3/t4-,5+,6+,7+/m0/s1. The number of aliphatic hydroxyl groups excluding tert-OH is 3. The van der Waals surface area contributed by atoms with Crippen molar-refractivity contribution in [3.63, 3.8) is 0 Å². The fraction of sp³-hybridized carbons (Fsp3) is 1.00. The first-order valence-corrected chi connectivity index (χ1v) is 3.94. The van der Waals surface area contributed by atoms with Gasteiger partial charge in [0.15, 0.2) is 6.29 Å². The predicted octanol–water partition coefficient (Wildman–Crippen LogP) is -1.54. The van der Waals surface area contributed by atoms with Gasteiger partial charge in [-0.3, -0.25) is 0 Å². The molecule has 5 heteroatoms. The van der Waals surface area contributed by atoms with Crippen molar-refractivity contribution in [1.82, 2.24) is 0 Å². The van der Waals surface area contributed by atoms with Gasteiger partial charge in [-0.05, 0) is 6.92 Å². The molecule has 1 heterocycles. The number of aliphatic hydroxyl groups is 3. The number of hydrogen-bond acceptors (Lipinski definition) is 5. The van der Waals surface area contributed by atoms with Crippen LogP contribution in [0.1, 0.15) is 6.92 Å². The van der Waals surface area contributed by atoms with E-state index in [0.717, 1.165) is 0 Å². The molecule has 4 atom stereocenters. The maximum absolute atomic E-state index is 9.28. The minimum absolute atomic E-state index is 0.0110. The zero-order chi connectivity index (χ0) is 9.14. The van der Waals surface area contributed by atoms with Crippen LogP contribution in [0.3, 0.4) is 0 Å². The van der Waals surface area contributed by atoms with Crippen molar-refractivity contribution in [1.29, 1.82) is 0 Å². The van der Waals surface area contributed by atoms with E-state index >= 15 is 0 Å². The molecule has 0 aromatic carbocycles. The van der Waals surface area contributed by atoms with Crippen LogP contribution in [0.5, 0.6) is 0 Å². The molecule has 1 aliphatic heterocycles. The molecule has 0 aliphatic carbocycles. The van der Waals surface area contributed by atoms with E-state index in [4.69, 9.17) is 14.6 Å². The fourth-order valence-electron chi connectivity index (χ4n) is 1.09. The molecule has 1 rings (SSSR count). The average Bonchev–Trinajstić information content (AvgIpc) is 2.07. The van der Waals surface area contributed by atoms with Gasteiger partial charge in [0.25, 0.3) is 0 Å². The van der Waals surface area contributed by atoms with Gasteiger partial charge in [-0.2, -0.15) is 0 Å². The highest BCUT2D eigenvalue weighted by Crippen LogP contribution is 2.15. The molecule has 0 spiro atoms. The topological polar surface area (TPSA) is 79.2 Å². The lowest BCUT2D eigenvalue weighted by Crippen LogP contribution is -2.53. The second-order valence-corrected chi connectivity index (χ2v) is 2.71. The Balaban J connectivity index is 2.46. The highest BCUT2D eigenvalue weighted by molar-refractivity contribution is 4.82. The molecule has 1 saturated heterocycles. The third-order valence-corrected chi connectivity index (χ3v) is 1.79. The van der Waals surface area contributed by atoms with E-state index in [1.54, 1.807) is 6.92 Å². The Kier molecular flexibility index (Phi) is 3.42. The Labute approximate surface area is 70.5 Å². The van der Waals surface area contributed by atoms with E-state index in [2.05, 4.69) is 0 Å². The van der Waals surface area contributed by atoms with E-state index in [0.29, 0.717) is 6.61 Å². The normalized spacial score (nSPS) is 43.0. The van der Waals surface area contributed by atoms with E-state index < -0.39 is 24.6 Å². The Hall–Kier alpha value is -0.200. The summed E-state index contributed by atoms with van der Waals surface area (Å²) in [6.45, 7) is 2.14. The quantitative estimate of drug-likeness (QED) is 0.477. The van der Waals surface area contributed by atoms with E-state index in [-0.39, 0.29) is 6.61 Å². The Morgan fingerprint density at radius 2 is 2.00 bits per heavy atom. The van der Waals surface area contributed by atoms with Crippen LogP contribution in [0.25, 0.3) is 0 Å². The van der Waals surface area contributed by atoms with Crippen LogP contribution in [0, 0.1) is 0 Å². The average molecular weight is 178 g/mol. The zero-order valence-electron chi connectivity index (χ0n) is 6.88. The van der Waals surface area contributed by atoms with Crippen molar-refractivity contribution >= 4 is 0 Å². The van der Waals surface area contributed by atoms with E-state index in [1.807, 2.05) is 0 Å². The lowest BCUT2D eigenvalue weighted by Gasteiger charge is -2.34. The smallest absolute Gasteiger partial charge is 0.186 e. The maximum atomic E-state index is 9.28.